The predicted molar refractivity (Wildman–Crippen MR) is 70.2 cm³/mol. The number of carbonyl (C=O) groups is 1. The molecule has 0 aromatic heterocycles. The molecule has 94 valence electrons. The summed E-state index contributed by atoms with van der Waals surface area (Å²) >= 11 is 0. The van der Waals surface area contributed by atoms with E-state index in [1.165, 1.54) is 5.56 Å². The first-order valence-corrected chi connectivity index (χ1v) is 6.08. The summed E-state index contributed by atoms with van der Waals surface area (Å²) in [5, 5.41) is 14.9. The standard InChI is InChI=1S/C14H17N3O/c1-14(2,9-15)16-6-5-10-3-4-12-11(7-10)8-13(18)17-12/h3-4,7,16H,5-6,8H2,1-2H3,(H,17,18). The molecule has 0 radical (unpaired) electrons. The summed E-state index contributed by atoms with van der Waals surface area (Å²) in [6, 6.07) is 8.24. The van der Waals surface area contributed by atoms with Gasteiger partial charge in [0.1, 0.15) is 5.54 Å². The zero-order valence-corrected chi connectivity index (χ0v) is 10.7. The van der Waals surface area contributed by atoms with Gasteiger partial charge in [-0.15, -0.1) is 0 Å². The Kier molecular flexibility index (Phi) is 3.35. The summed E-state index contributed by atoms with van der Waals surface area (Å²) in [5.74, 6) is 0.0610. The molecule has 1 amide bonds. The molecular formula is C14H17N3O. The molecule has 0 atom stereocenters. The zero-order chi connectivity index (χ0) is 13.2. The SMILES string of the molecule is CC(C)(C#N)NCCc1ccc2c(c1)CC(=O)N2. The van der Waals surface area contributed by atoms with Crippen molar-refractivity contribution in [1.29, 1.82) is 5.26 Å². The van der Waals surface area contributed by atoms with Gasteiger partial charge in [-0.3, -0.25) is 10.1 Å². The highest BCUT2D eigenvalue weighted by Crippen LogP contribution is 2.23. The Morgan fingerprint density at radius 3 is 3.00 bits per heavy atom. The molecule has 4 nitrogen and oxygen atoms in total. The Morgan fingerprint density at radius 1 is 1.50 bits per heavy atom. The molecule has 0 saturated carbocycles. The van der Waals surface area contributed by atoms with E-state index in [0.29, 0.717) is 6.42 Å². The van der Waals surface area contributed by atoms with Crippen LogP contribution in [-0.4, -0.2) is 18.0 Å². The Bertz CT molecular complexity index is 514. The van der Waals surface area contributed by atoms with Gasteiger partial charge in [-0.05, 0) is 37.5 Å². The lowest BCUT2D eigenvalue weighted by molar-refractivity contribution is -0.115. The van der Waals surface area contributed by atoms with Crippen molar-refractivity contribution in [1.82, 2.24) is 5.32 Å². The number of hydrogen-bond donors (Lipinski definition) is 2. The summed E-state index contributed by atoms with van der Waals surface area (Å²) in [4.78, 5) is 11.2. The first-order valence-electron chi connectivity index (χ1n) is 6.08. The van der Waals surface area contributed by atoms with Crippen LogP contribution in [0.15, 0.2) is 18.2 Å². The maximum atomic E-state index is 11.2. The quantitative estimate of drug-likeness (QED) is 0.844. The van der Waals surface area contributed by atoms with E-state index in [1.54, 1.807) is 0 Å². The summed E-state index contributed by atoms with van der Waals surface area (Å²) < 4.78 is 0. The maximum absolute atomic E-state index is 11.2. The second-order valence-electron chi connectivity index (χ2n) is 5.13. The molecule has 2 rings (SSSR count). The molecule has 4 heteroatoms. The Balaban J connectivity index is 1.94. The number of carbonyl (C=O) groups excluding carboxylic acids is 1. The number of hydrogen-bond acceptors (Lipinski definition) is 3. The van der Waals surface area contributed by atoms with E-state index < -0.39 is 5.54 Å². The highest BCUT2D eigenvalue weighted by molar-refractivity contribution is 5.99. The maximum Gasteiger partial charge on any atom is 0.228 e. The topological polar surface area (TPSA) is 64.9 Å². The van der Waals surface area contributed by atoms with Gasteiger partial charge in [-0.1, -0.05) is 12.1 Å². The van der Waals surface area contributed by atoms with E-state index in [9.17, 15) is 4.79 Å². The second kappa shape index (κ2) is 4.79. The Morgan fingerprint density at radius 2 is 2.28 bits per heavy atom. The molecule has 0 aliphatic carbocycles. The van der Waals surface area contributed by atoms with Crippen molar-refractivity contribution in [2.24, 2.45) is 0 Å². The van der Waals surface area contributed by atoms with Gasteiger partial charge in [0.05, 0.1) is 12.5 Å². The van der Waals surface area contributed by atoms with Gasteiger partial charge >= 0.3 is 0 Å². The van der Waals surface area contributed by atoms with E-state index in [1.807, 2.05) is 26.0 Å². The van der Waals surface area contributed by atoms with Crippen LogP contribution in [0.25, 0.3) is 0 Å². The molecule has 1 aliphatic heterocycles. The summed E-state index contributed by atoms with van der Waals surface area (Å²) in [6.45, 7) is 4.47. The minimum absolute atomic E-state index is 0.0610. The number of fused-ring (bicyclic) bond motifs is 1. The molecule has 1 aliphatic rings. The molecule has 2 N–H and O–H groups in total. The molecule has 1 heterocycles. The van der Waals surface area contributed by atoms with Crippen molar-refractivity contribution in [3.63, 3.8) is 0 Å². The van der Waals surface area contributed by atoms with Crippen LogP contribution >= 0.6 is 0 Å². The fourth-order valence-corrected chi connectivity index (χ4v) is 2.00. The largest absolute Gasteiger partial charge is 0.326 e. The molecule has 18 heavy (non-hydrogen) atoms. The van der Waals surface area contributed by atoms with Crippen LogP contribution in [0.5, 0.6) is 0 Å². The number of benzene rings is 1. The van der Waals surface area contributed by atoms with Gasteiger partial charge in [0.25, 0.3) is 0 Å². The van der Waals surface area contributed by atoms with E-state index in [-0.39, 0.29) is 5.91 Å². The number of nitrogens with zero attached hydrogens (tertiary/aromatic N) is 1. The second-order valence-corrected chi connectivity index (χ2v) is 5.13. The molecule has 0 spiro atoms. The van der Waals surface area contributed by atoms with Crippen LogP contribution in [-0.2, 0) is 17.6 Å². The van der Waals surface area contributed by atoms with Gasteiger partial charge in [0, 0.05) is 12.2 Å². The predicted octanol–water partition coefficient (Wildman–Crippen LogP) is 1.62. The molecule has 1 aromatic carbocycles. The normalized spacial score (nSPS) is 13.9. The van der Waals surface area contributed by atoms with Crippen molar-refractivity contribution in [2.45, 2.75) is 32.2 Å². The van der Waals surface area contributed by atoms with Crippen molar-refractivity contribution in [3.05, 3.63) is 29.3 Å². The van der Waals surface area contributed by atoms with Gasteiger partial charge < -0.3 is 5.32 Å². The molecule has 0 bridgehead atoms. The van der Waals surface area contributed by atoms with Crippen molar-refractivity contribution < 1.29 is 4.79 Å². The first kappa shape index (κ1) is 12.6. The van der Waals surface area contributed by atoms with E-state index in [2.05, 4.69) is 22.8 Å². The third kappa shape index (κ3) is 2.88. The van der Waals surface area contributed by atoms with Crippen LogP contribution < -0.4 is 10.6 Å². The van der Waals surface area contributed by atoms with Crippen LogP contribution in [0.1, 0.15) is 25.0 Å². The van der Waals surface area contributed by atoms with Gasteiger partial charge in [0.2, 0.25) is 5.91 Å². The summed E-state index contributed by atoms with van der Waals surface area (Å²) in [7, 11) is 0. The molecule has 1 aromatic rings. The fourth-order valence-electron chi connectivity index (χ4n) is 2.00. The third-order valence-electron chi connectivity index (χ3n) is 3.05. The first-order chi connectivity index (χ1) is 8.50. The van der Waals surface area contributed by atoms with Crippen LogP contribution in [0.4, 0.5) is 5.69 Å². The monoisotopic (exact) mass is 243 g/mol. The molecule has 0 saturated heterocycles. The lowest BCUT2D eigenvalue weighted by Crippen LogP contribution is -2.38. The van der Waals surface area contributed by atoms with Crippen molar-refractivity contribution in [2.75, 3.05) is 11.9 Å². The van der Waals surface area contributed by atoms with Crippen LogP contribution in [0, 0.1) is 11.3 Å². The summed E-state index contributed by atoms with van der Waals surface area (Å²) in [5.41, 5.74) is 2.69. The van der Waals surface area contributed by atoms with Crippen LogP contribution in [0.3, 0.4) is 0 Å². The lowest BCUT2D eigenvalue weighted by Gasteiger charge is -2.17. The minimum Gasteiger partial charge on any atom is -0.326 e. The van der Waals surface area contributed by atoms with Crippen molar-refractivity contribution in [3.8, 4) is 6.07 Å². The Hall–Kier alpha value is -1.86. The van der Waals surface area contributed by atoms with E-state index in [4.69, 9.17) is 5.26 Å². The molecular weight excluding hydrogens is 226 g/mol. The van der Waals surface area contributed by atoms with Gasteiger partial charge in [-0.2, -0.15) is 5.26 Å². The van der Waals surface area contributed by atoms with Crippen molar-refractivity contribution >= 4 is 11.6 Å². The average molecular weight is 243 g/mol. The third-order valence-corrected chi connectivity index (χ3v) is 3.05. The molecule has 0 fully saturated rings. The highest BCUT2D eigenvalue weighted by atomic mass is 16.1. The minimum atomic E-state index is -0.492. The highest BCUT2D eigenvalue weighted by Gasteiger charge is 2.18. The number of amides is 1. The zero-order valence-electron chi connectivity index (χ0n) is 10.7. The van der Waals surface area contributed by atoms with Crippen LogP contribution in [0.2, 0.25) is 0 Å². The lowest BCUT2D eigenvalue weighted by atomic mass is 10.0. The molecule has 0 unspecified atom stereocenters. The Labute approximate surface area is 107 Å². The van der Waals surface area contributed by atoms with Gasteiger partial charge in [-0.25, -0.2) is 0 Å². The number of rotatable bonds is 4. The fraction of sp³-hybridized carbons (Fsp3) is 0.429. The van der Waals surface area contributed by atoms with Gasteiger partial charge in [0.15, 0.2) is 0 Å². The smallest absolute Gasteiger partial charge is 0.228 e. The van der Waals surface area contributed by atoms with E-state index in [0.717, 1.165) is 24.2 Å². The number of nitriles is 1. The summed E-state index contributed by atoms with van der Waals surface area (Å²) in [6.07, 6.45) is 1.33. The number of anilines is 1. The average Bonchev–Trinajstić information content (AvgIpc) is 2.68. The van der Waals surface area contributed by atoms with E-state index >= 15 is 0 Å². The number of nitrogens with one attached hydrogen (secondary N) is 2.